The maximum Gasteiger partial charge on any atom is 0.276 e. The fourth-order valence-corrected chi connectivity index (χ4v) is 1.74. The first-order valence-corrected chi connectivity index (χ1v) is 4.69. The number of amides is 1. The SMILES string of the molecule is NN=C1C(=O)Nc2ccc(I)cc21. The van der Waals surface area contributed by atoms with Gasteiger partial charge in [-0.05, 0) is 40.8 Å². The molecule has 0 bridgehead atoms. The molecule has 0 radical (unpaired) electrons. The van der Waals surface area contributed by atoms with Crippen molar-refractivity contribution in [2.45, 2.75) is 0 Å². The van der Waals surface area contributed by atoms with Crippen LogP contribution < -0.4 is 11.2 Å². The quantitative estimate of drug-likeness (QED) is 0.423. The van der Waals surface area contributed by atoms with E-state index in [0.717, 1.165) is 14.8 Å². The van der Waals surface area contributed by atoms with Crippen LogP contribution in [0.25, 0.3) is 0 Å². The summed E-state index contributed by atoms with van der Waals surface area (Å²) in [6.45, 7) is 0. The van der Waals surface area contributed by atoms with Crippen molar-refractivity contribution in [3.8, 4) is 0 Å². The van der Waals surface area contributed by atoms with Crippen LogP contribution in [-0.2, 0) is 4.79 Å². The van der Waals surface area contributed by atoms with Gasteiger partial charge in [-0.1, -0.05) is 0 Å². The molecule has 1 aliphatic heterocycles. The van der Waals surface area contributed by atoms with Crippen molar-refractivity contribution < 1.29 is 4.79 Å². The second kappa shape index (κ2) is 2.99. The number of benzene rings is 1. The topological polar surface area (TPSA) is 67.5 Å². The van der Waals surface area contributed by atoms with Gasteiger partial charge in [-0.2, -0.15) is 5.10 Å². The van der Waals surface area contributed by atoms with Crippen LogP contribution in [0.3, 0.4) is 0 Å². The van der Waals surface area contributed by atoms with Crippen LogP contribution in [0.5, 0.6) is 0 Å². The van der Waals surface area contributed by atoms with Crippen molar-refractivity contribution in [3.63, 3.8) is 0 Å². The van der Waals surface area contributed by atoms with E-state index in [1.54, 1.807) is 0 Å². The standard InChI is InChI=1S/C8H6IN3O/c9-4-1-2-6-5(3-4)7(12-10)8(13)11-6/h1-3H,10H2,(H,11,12,13). The molecule has 1 aromatic carbocycles. The number of rotatable bonds is 0. The maximum absolute atomic E-state index is 11.2. The molecule has 0 atom stereocenters. The lowest BCUT2D eigenvalue weighted by atomic mass is 10.1. The van der Waals surface area contributed by atoms with Crippen LogP contribution in [-0.4, -0.2) is 11.6 Å². The molecular formula is C8H6IN3O. The molecule has 5 heteroatoms. The van der Waals surface area contributed by atoms with Gasteiger partial charge >= 0.3 is 0 Å². The molecule has 0 spiro atoms. The summed E-state index contributed by atoms with van der Waals surface area (Å²) >= 11 is 2.17. The molecule has 3 N–H and O–H groups in total. The molecule has 13 heavy (non-hydrogen) atoms. The van der Waals surface area contributed by atoms with Crippen LogP contribution in [0.4, 0.5) is 5.69 Å². The number of nitrogens with two attached hydrogens (primary N) is 1. The molecule has 1 aromatic rings. The lowest BCUT2D eigenvalue weighted by molar-refractivity contribution is -0.110. The normalized spacial score (nSPS) is 17.3. The van der Waals surface area contributed by atoms with E-state index in [4.69, 9.17) is 5.84 Å². The van der Waals surface area contributed by atoms with E-state index < -0.39 is 0 Å². The summed E-state index contributed by atoms with van der Waals surface area (Å²) in [4.78, 5) is 11.2. The number of nitrogens with zero attached hydrogens (tertiary/aromatic N) is 1. The Morgan fingerprint density at radius 1 is 1.46 bits per heavy atom. The van der Waals surface area contributed by atoms with Gasteiger partial charge in [0.2, 0.25) is 0 Å². The van der Waals surface area contributed by atoms with Crippen molar-refractivity contribution in [2.24, 2.45) is 10.9 Å². The van der Waals surface area contributed by atoms with Gasteiger partial charge in [0.15, 0.2) is 5.71 Å². The minimum Gasteiger partial charge on any atom is -0.322 e. The molecule has 0 saturated heterocycles. The van der Waals surface area contributed by atoms with E-state index in [9.17, 15) is 4.79 Å². The second-order valence-electron chi connectivity index (χ2n) is 2.62. The fourth-order valence-electron chi connectivity index (χ4n) is 1.25. The highest BCUT2D eigenvalue weighted by Crippen LogP contribution is 2.24. The van der Waals surface area contributed by atoms with Gasteiger partial charge in [-0.3, -0.25) is 4.79 Å². The number of hydrazone groups is 1. The minimum atomic E-state index is -0.237. The molecule has 4 nitrogen and oxygen atoms in total. The summed E-state index contributed by atoms with van der Waals surface area (Å²) < 4.78 is 1.05. The first-order chi connectivity index (χ1) is 6.22. The Morgan fingerprint density at radius 2 is 2.23 bits per heavy atom. The lowest BCUT2D eigenvalue weighted by Gasteiger charge is -1.96. The number of hydrogen-bond acceptors (Lipinski definition) is 3. The molecular weight excluding hydrogens is 281 g/mol. The zero-order valence-electron chi connectivity index (χ0n) is 6.54. The number of anilines is 1. The van der Waals surface area contributed by atoms with E-state index in [1.807, 2.05) is 18.2 Å². The molecule has 0 saturated carbocycles. The van der Waals surface area contributed by atoms with Gasteiger partial charge in [0.25, 0.3) is 5.91 Å². The lowest BCUT2D eigenvalue weighted by Crippen LogP contribution is -2.15. The number of fused-ring (bicyclic) bond motifs is 1. The molecule has 1 heterocycles. The first kappa shape index (κ1) is 8.49. The van der Waals surface area contributed by atoms with Gasteiger partial charge in [0, 0.05) is 9.13 Å². The summed E-state index contributed by atoms with van der Waals surface area (Å²) in [5.41, 5.74) is 1.85. The summed E-state index contributed by atoms with van der Waals surface area (Å²) in [5, 5.41) is 6.12. The molecule has 0 unspecified atom stereocenters. The largest absolute Gasteiger partial charge is 0.322 e. The van der Waals surface area contributed by atoms with Crippen molar-refractivity contribution in [3.05, 3.63) is 27.3 Å². The number of hydrogen-bond donors (Lipinski definition) is 2. The molecule has 0 aliphatic carbocycles. The Kier molecular flexibility index (Phi) is 1.95. The summed E-state index contributed by atoms with van der Waals surface area (Å²) in [5.74, 6) is 4.88. The number of carbonyl (C=O) groups is 1. The Morgan fingerprint density at radius 3 is 2.92 bits per heavy atom. The highest BCUT2D eigenvalue weighted by molar-refractivity contribution is 14.1. The minimum absolute atomic E-state index is 0.237. The van der Waals surface area contributed by atoms with Gasteiger partial charge in [0.1, 0.15) is 0 Å². The van der Waals surface area contributed by atoms with E-state index >= 15 is 0 Å². The van der Waals surface area contributed by atoms with E-state index in [0.29, 0.717) is 5.71 Å². The van der Waals surface area contributed by atoms with Crippen LogP contribution >= 0.6 is 22.6 Å². The van der Waals surface area contributed by atoms with Gasteiger partial charge < -0.3 is 11.2 Å². The van der Waals surface area contributed by atoms with E-state index in [2.05, 4.69) is 33.0 Å². The Hall–Kier alpha value is -1.11. The third kappa shape index (κ3) is 1.28. The smallest absolute Gasteiger partial charge is 0.276 e. The number of halogens is 1. The molecule has 1 aliphatic rings. The summed E-state index contributed by atoms with van der Waals surface area (Å²) in [6.07, 6.45) is 0. The summed E-state index contributed by atoms with van der Waals surface area (Å²) in [6, 6.07) is 5.63. The predicted molar refractivity (Wildman–Crippen MR) is 58.5 cm³/mol. The Labute approximate surface area is 88.3 Å². The zero-order valence-corrected chi connectivity index (χ0v) is 8.70. The van der Waals surface area contributed by atoms with Crippen molar-refractivity contribution in [1.82, 2.24) is 0 Å². The molecule has 0 aromatic heterocycles. The second-order valence-corrected chi connectivity index (χ2v) is 3.87. The molecule has 2 rings (SSSR count). The van der Waals surface area contributed by atoms with Gasteiger partial charge in [-0.25, -0.2) is 0 Å². The zero-order chi connectivity index (χ0) is 9.42. The molecule has 66 valence electrons. The molecule has 1 amide bonds. The summed E-state index contributed by atoms with van der Waals surface area (Å²) in [7, 11) is 0. The van der Waals surface area contributed by atoms with Crippen molar-refractivity contribution >= 4 is 39.9 Å². The fraction of sp³-hybridized carbons (Fsp3) is 0. The molecule has 0 fully saturated rings. The average molecular weight is 287 g/mol. The first-order valence-electron chi connectivity index (χ1n) is 3.61. The number of carbonyl (C=O) groups excluding carboxylic acids is 1. The van der Waals surface area contributed by atoms with Crippen molar-refractivity contribution in [2.75, 3.05) is 5.32 Å². The Bertz CT molecular complexity index is 414. The van der Waals surface area contributed by atoms with Crippen LogP contribution in [0, 0.1) is 3.57 Å². The highest BCUT2D eigenvalue weighted by atomic mass is 127. The van der Waals surface area contributed by atoms with Gasteiger partial charge in [0.05, 0.1) is 5.69 Å². The van der Waals surface area contributed by atoms with E-state index in [1.165, 1.54) is 0 Å². The number of nitrogens with one attached hydrogen (secondary N) is 1. The highest BCUT2D eigenvalue weighted by Gasteiger charge is 2.25. The maximum atomic E-state index is 11.2. The van der Waals surface area contributed by atoms with E-state index in [-0.39, 0.29) is 5.91 Å². The third-order valence-electron chi connectivity index (χ3n) is 1.83. The van der Waals surface area contributed by atoms with Crippen LogP contribution in [0.1, 0.15) is 5.56 Å². The Balaban J connectivity index is 2.63. The van der Waals surface area contributed by atoms with Crippen LogP contribution in [0.15, 0.2) is 23.3 Å². The predicted octanol–water partition coefficient (Wildman–Crippen LogP) is 0.906. The average Bonchev–Trinajstić information content (AvgIpc) is 2.40. The third-order valence-corrected chi connectivity index (χ3v) is 2.50. The monoisotopic (exact) mass is 287 g/mol. The van der Waals surface area contributed by atoms with Crippen molar-refractivity contribution in [1.29, 1.82) is 0 Å². The van der Waals surface area contributed by atoms with Crippen LogP contribution in [0.2, 0.25) is 0 Å². The van der Waals surface area contributed by atoms with Gasteiger partial charge in [-0.15, -0.1) is 0 Å².